The Bertz CT molecular complexity index is 891. The molecule has 0 radical (unpaired) electrons. The molecule has 138 valence electrons. The van der Waals surface area contributed by atoms with Crippen molar-refractivity contribution in [1.29, 1.82) is 0 Å². The van der Waals surface area contributed by atoms with E-state index < -0.39 is 0 Å². The van der Waals surface area contributed by atoms with Gasteiger partial charge < -0.3 is 14.2 Å². The second-order valence-electron chi connectivity index (χ2n) is 6.96. The van der Waals surface area contributed by atoms with Crippen LogP contribution in [0.3, 0.4) is 0 Å². The van der Waals surface area contributed by atoms with E-state index in [-0.39, 0.29) is 5.56 Å². The zero-order valence-electron chi connectivity index (χ0n) is 16.0. The highest BCUT2D eigenvalue weighted by Crippen LogP contribution is 2.30. The van der Waals surface area contributed by atoms with Crippen LogP contribution in [-0.4, -0.2) is 36.7 Å². The third-order valence-electron chi connectivity index (χ3n) is 4.72. The second kappa shape index (κ2) is 8.37. The van der Waals surface area contributed by atoms with Crippen LogP contribution in [0.2, 0.25) is 0 Å². The molecule has 0 spiro atoms. The first kappa shape index (κ1) is 18.5. The highest BCUT2D eigenvalue weighted by molar-refractivity contribution is 5.95. The SMILES string of the molecule is CCn1c(=O)cc(C2=CCCC=C2)c2cc(OCCCN(C)C)ccc21. The minimum atomic E-state index is 0.0505. The van der Waals surface area contributed by atoms with Crippen LogP contribution in [-0.2, 0) is 6.54 Å². The van der Waals surface area contributed by atoms with E-state index in [0.29, 0.717) is 13.2 Å². The van der Waals surface area contributed by atoms with Gasteiger partial charge in [0.1, 0.15) is 5.75 Å². The van der Waals surface area contributed by atoms with Gasteiger partial charge in [-0.25, -0.2) is 0 Å². The van der Waals surface area contributed by atoms with Crippen molar-refractivity contribution in [3.8, 4) is 5.75 Å². The van der Waals surface area contributed by atoms with E-state index in [2.05, 4.69) is 43.3 Å². The number of ether oxygens (including phenoxy) is 1. The molecule has 1 aromatic carbocycles. The first-order valence-electron chi connectivity index (χ1n) is 9.42. The van der Waals surface area contributed by atoms with Crippen LogP contribution in [0, 0.1) is 0 Å². The average Bonchev–Trinajstić information content (AvgIpc) is 2.65. The molecule has 1 aliphatic rings. The summed E-state index contributed by atoms with van der Waals surface area (Å²) < 4.78 is 7.78. The molecule has 0 amide bonds. The van der Waals surface area contributed by atoms with Crippen LogP contribution in [0.15, 0.2) is 47.3 Å². The van der Waals surface area contributed by atoms with Gasteiger partial charge in [0.2, 0.25) is 0 Å². The van der Waals surface area contributed by atoms with E-state index >= 15 is 0 Å². The van der Waals surface area contributed by atoms with Crippen molar-refractivity contribution in [2.24, 2.45) is 0 Å². The van der Waals surface area contributed by atoms with Gasteiger partial charge in [-0.2, -0.15) is 0 Å². The molecular weight excluding hydrogens is 324 g/mol. The normalized spacial score (nSPS) is 14.1. The Kier molecular flexibility index (Phi) is 5.94. The molecule has 0 N–H and O–H groups in total. The summed E-state index contributed by atoms with van der Waals surface area (Å²) >= 11 is 0. The van der Waals surface area contributed by atoms with Crippen LogP contribution in [0.4, 0.5) is 0 Å². The zero-order valence-corrected chi connectivity index (χ0v) is 16.0. The number of pyridine rings is 1. The van der Waals surface area contributed by atoms with Crippen molar-refractivity contribution in [2.45, 2.75) is 32.7 Å². The first-order chi connectivity index (χ1) is 12.6. The highest BCUT2D eigenvalue weighted by Gasteiger charge is 2.12. The number of benzene rings is 1. The number of rotatable bonds is 7. The summed E-state index contributed by atoms with van der Waals surface area (Å²) in [6.07, 6.45) is 9.58. The fourth-order valence-electron chi connectivity index (χ4n) is 3.40. The quantitative estimate of drug-likeness (QED) is 0.704. The Balaban J connectivity index is 1.99. The van der Waals surface area contributed by atoms with Gasteiger partial charge in [0, 0.05) is 24.5 Å². The summed E-state index contributed by atoms with van der Waals surface area (Å²) in [6, 6.07) is 7.83. The number of aryl methyl sites for hydroxylation is 1. The van der Waals surface area contributed by atoms with Gasteiger partial charge in [0.25, 0.3) is 5.56 Å². The van der Waals surface area contributed by atoms with Crippen LogP contribution >= 0.6 is 0 Å². The minimum Gasteiger partial charge on any atom is -0.494 e. The standard InChI is InChI=1S/C22H28N2O2/c1-4-24-21-12-11-18(26-14-8-13-23(2)3)15-20(21)19(16-22(24)25)17-9-6-5-7-10-17/h6,9-12,15-16H,4-5,7-8,13-14H2,1-3H3. The predicted molar refractivity (Wildman–Crippen MR) is 109 cm³/mol. The predicted octanol–water partition coefficient (Wildman–Crippen LogP) is 4.09. The van der Waals surface area contributed by atoms with Crippen LogP contribution in [0.5, 0.6) is 5.75 Å². The molecule has 0 saturated carbocycles. The van der Waals surface area contributed by atoms with Crippen molar-refractivity contribution in [3.05, 3.63) is 58.4 Å². The number of hydrogen-bond acceptors (Lipinski definition) is 3. The van der Waals surface area contributed by atoms with Crippen molar-refractivity contribution in [3.63, 3.8) is 0 Å². The smallest absolute Gasteiger partial charge is 0.251 e. The van der Waals surface area contributed by atoms with E-state index in [4.69, 9.17) is 4.74 Å². The maximum absolute atomic E-state index is 12.6. The lowest BCUT2D eigenvalue weighted by Crippen LogP contribution is -2.19. The van der Waals surface area contributed by atoms with Crippen molar-refractivity contribution < 1.29 is 4.74 Å². The number of nitrogens with zero attached hydrogens (tertiary/aromatic N) is 2. The van der Waals surface area contributed by atoms with E-state index in [0.717, 1.165) is 53.6 Å². The molecule has 4 heteroatoms. The fraction of sp³-hybridized carbons (Fsp3) is 0.409. The fourth-order valence-corrected chi connectivity index (χ4v) is 3.40. The summed E-state index contributed by atoms with van der Waals surface area (Å²) in [5.74, 6) is 0.860. The van der Waals surface area contributed by atoms with Gasteiger partial charge >= 0.3 is 0 Å². The van der Waals surface area contributed by atoms with Crippen LogP contribution < -0.4 is 10.3 Å². The minimum absolute atomic E-state index is 0.0505. The monoisotopic (exact) mass is 352 g/mol. The maximum Gasteiger partial charge on any atom is 0.251 e. The Labute approximate surface area is 155 Å². The summed E-state index contributed by atoms with van der Waals surface area (Å²) in [7, 11) is 4.13. The lowest BCUT2D eigenvalue weighted by Gasteiger charge is -2.16. The van der Waals surface area contributed by atoms with Gasteiger partial charge in [-0.1, -0.05) is 18.2 Å². The molecule has 4 nitrogen and oxygen atoms in total. The molecule has 0 saturated heterocycles. The molecule has 2 aromatic rings. The van der Waals surface area contributed by atoms with E-state index in [1.54, 1.807) is 6.07 Å². The van der Waals surface area contributed by atoms with Crippen molar-refractivity contribution >= 4 is 16.5 Å². The molecular formula is C22H28N2O2. The molecule has 26 heavy (non-hydrogen) atoms. The maximum atomic E-state index is 12.6. The van der Waals surface area contributed by atoms with E-state index in [9.17, 15) is 4.79 Å². The lowest BCUT2D eigenvalue weighted by molar-refractivity contribution is 0.282. The summed E-state index contributed by atoms with van der Waals surface area (Å²) in [5.41, 5.74) is 3.15. The topological polar surface area (TPSA) is 34.5 Å². The van der Waals surface area contributed by atoms with Crippen LogP contribution in [0.25, 0.3) is 16.5 Å². The number of hydrogen-bond donors (Lipinski definition) is 0. The number of allylic oxidation sites excluding steroid dienone is 4. The third-order valence-corrected chi connectivity index (χ3v) is 4.72. The molecule has 1 aliphatic carbocycles. The third kappa shape index (κ3) is 4.07. The molecule has 1 aromatic heterocycles. The van der Waals surface area contributed by atoms with Gasteiger partial charge in [-0.05, 0) is 69.6 Å². The zero-order chi connectivity index (χ0) is 18.5. The van der Waals surface area contributed by atoms with Gasteiger partial charge in [0.15, 0.2) is 0 Å². The first-order valence-corrected chi connectivity index (χ1v) is 9.42. The van der Waals surface area contributed by atoms with E-state index in [1.807, 2.05) is 23.6 Å². The Morgan fingerprint density at radius 1 is 1.19 bits per heavy atom. The van der Waals surface area contributed by atoms with E-state index in [1.165, 1.54) is 0 Å². The molecule has 0 bridgehead atoms. The molecule has 3 rings (SSSR count). The molecule has 0 aliphatic heterocycles. The van der Waals surface area contributed by atoms with Gasteiger partial charge in [-0.15, -0.1) is 0 Å². The Morgan fingerprint density at radius 3 is 2.73 bits per heavy atom. The number of fused-ring (bicyclic) bond motifs is 1. The number of aromatic nitrogens is 1. The molecule has 0 unspecified atom stereocenters. The molecule has 0 atom stereocenters. The van der Waals surface area contributed by atoms with Crippen molar-refractivity contribution in [1.82, 2.24) is 9.47 Å². The second-order valence-corrected chi connectivity index (χ2v) is 6.96. The van der Waals surface area contributed by atoms with Crippen molar-refractivity contribution in [2.75, 3.05) is 27.2 Å². The van der Waals surface area contributed by atoms with Crippen LogP contribution in [0.1, 0.15) is 31.7 Å². The Hall–Kier alpha value is -2.33. The summed E-state index contributed by atoms with van der Waals surface area (Å²) in [4.78, 5) is 14.7. The lowest BCUT2D eigenvalue weighted by atomic mass is 9.96. The highest BCUT2D eigenvalue weighted by atomic mass is 16.5. The average molecular weight is 352 g/mol. The molecule has 0 fully saturated rings. The summed E-state index contributed by atoms with van der Waals surface area (Å²) in [5, 5.41) is 1.08. The largest absolute Gasteiger partial charge is 0.494 e. The van der Waals surface area contributed by atoms with Gasteiger partial charge in [-0.3, -0.25) is 4.79 Å². The molecule has 1 heterocycles. The van der Waals surface area contributed by atoms with Gasteiger partial charge in [0.05, 0.1) is 12.1 Å². The summed E-state index contributed by atoms with van der Waals surface area (Å²) in [6.45, 7) is 4.36. The Morgan fingerprint density at radius 2 is 2.04 bits per heavy atom.